The van der Waals surface area contributed by atoms with Gasteiger partial charge in [-0.15, -0.1) is 0 Å². The van der Waals surface area contributed by atoms with E-state index in [4.69, 9.17) is 19.3 Å². The molecule has 0 radical (unpaired) electrons. The van der Waals surface area contributed by atoms with Crippen molar-refractivity contribution >= 4 is 25.9 Å². The van der Waals surface area contributed by atoms with Crippen molar-refractivity contribution in [3.8, 4) is 0 Å². The summed E-state index contributed by atoms with van der Waals surface area (Å²) in [5, 5.41) is 31.4. The minimum atomic E-state index is -1.43. The molecule has 9 nitrogen and oxygen atoms in total. The molecule has 0 spiro atoms. The van der Waals surface area contributed by atoms with Crippen LogP contribution >= 0.6 is 9.03 Å². The first-order valence-corrected chi connectivity index (χ1v) is 10.4. The second-order valence-corrected chi connectivity index (χ2v) is 7.05. The quantitative estimate of drug-likeness (QED) is 0.293. The SMILES string of the molecule is O=C(OC1C(O)C(O)C(CO)OC1n1ccc2ccccc21)c1ccccc1.OPO. The smallest absolute Gasteiger partial charge is 0.338 e. The predicted molar refractivity (Wildman–Crippen MR) is 113 cm³/mol. The summed E-state index contributed by atoms with van der Waals surface area (Å²) >= 11 is 0. The number of nitrogens with zero attached hydrogens (tertiary/aromatic N) is 1. The van der Waals surface area contributed by atoms with Crippen molar-refractivity contribution in [1.29, 1.82) is 0 Å². The lowest BCUT2D eigenvalue weighted by Gasteiger charge is -2.42. The number of ether oxygens (including phenoxy) is 2. The Labute approximate surface area is 180 Å². The van der Waals surface area contributed by atoms with E-state index in [-0.39, 0.29) is 0 Å². The first-order valence-electron chi connectivity index (χ1n) is 9.49. The molecule has 0 bridgehead atoms. The van der Waals surface area contributed by atoms with Gasteiger partial charge in [-0.05, 0) is 29.7 Å². The summed E-state index contributed by atoms with van der Waals surface area (Å²) in [6.45, 7) is -0.479. The highest BCUT2D eigenvalue weighted by molar-refractivity contribution is 7.23. The van der Waals surface area contributed by atoms with Crippen LogP contribution in [0.3, 0.4) is 0 Å². The van der Waals surface area contributed by atoms with E-state index in [1.807, 2.05) is 30.3 Å². The number of hydrogen-bond donors (Lipinski definition) is 5. The van der Waals surface area contributed by atoms with Crippen molar-refractivity contribution in [3.63, 3.8) is 0 Å². The first-order chi connectivity index (χ1) is 15.0. The van der Waals surface area contributed by atoms with Crippen LogP contribution in [0.25, 0.3) is 10.9 Å². The van der Waals surface area contributed by atoms with Gasteiger partial charge in [0, 0.05) is 6.20 Å². The Balaban J connectivity index is 0.000000858. The molecule has 2 heterocycles. The topological polar surface area (TPSA) is 142 Å². The van der Waals surface area contributed by atoms with Gasteiger partial charge in [0.25, 0.3) is 0 Å². The molecule has 1 saturated heterocycles. The molecule has 0 aliphatic carbocycles. The standard InChI is InChI=1S/C21H21NO6.H3O2P/c23-12-16-17(24)18(25)19(28-21(26)14-7-2-1-3-8-14)20(27-16)22-11-10-13-6-4-5-9-15(13)22;1-3-2/h1-11,16-20,23-25H,12H2;1-3H. The molecule has 31 heavy (non-hydrogen) atoms. The van der Waals surface area contributed by atoms with Gasteiger partial charge in [-0.1, -0.05) is 36.4 Å². The van der Waals surface area contributed by atoms with Crippen LogP contribution in [0.5, 0.6) is 0 Å². The Kier molecular flexibility index (Phi) is 8.11. The van der Waals surface area contributed by atoms with Crippen molar-refractivity contribution in [2.24, 2.45) is 0 Å². The number of hydrogen-bond acceptors (Lipinski definition) is 8. The number of benzene rings is 2. The molecule has 1 fully saturated rings. The van der Waals surface area contributed by atoms with Gasteiger partial charge in [0.05, 0.1) is 17.7 Å². The third-order valence-corrected chi connectivity index (χ3v) is 5.00. The number of fused-ring (bicyclic) bond motifs is 1. The second kappa shape index (κ2) is 10.8. The highest BCUT2D eigenvalue weighted by Crippen LogP contribution is 2.33. The van der Waals surface area contributed by atoms with E-state index in [1.165, 1.54) is 0 Å². The summed E-state index contributed by atoms with van der Waals surface area (Å²) in [7, 11) is -0.917. The maximum absolute atomic E-state index is 12.6. The number of aromatic nitrogens is 1. The lowest BCUT2D eigenvalue weighted by atomic mass is 9.98. The van der Waals surface area contributed by atoms with Gasteiger partial charge in [-0.3, -0.25) is 0 Å². The molecule has 166 valence electrons. The third kappa shape index (κ3) is 5.11. The van der Waals surface area contributed by atoms with Crippen LogP contribution in [0.15, 0.2) is 66.9 Å². The summed E-state index contributed by atoms with van der Waals surface area (Å²) in [6.07, 6.45) is -4.14. The number of esters is 1. The monoisotopic (exact) mass is 449 g/mol. The molecule has 2 aromatic carbocycles. The molecule has 5 N–H and O–H groups in total. The average molecular weight is 449 g/mol. The minimum absolute atomic E-state index is 0.324. The van der Waals surface area contributed by atoms with Crippen LogP contribution in [0.4, 0.5) is 0 Å². The van der Waals surface area contributed by atoms with Gasteiger partial charge < -0.3 is 39.1 Å². The predicted octanol–water partition coefficient (Wildman–Crippen LogP) is 0.958. The van der Waals surface area contributed by atoms with Crippen molar-refractivity contribution in [2.45, 2.75) is 30.6 Å². The fourth-order valence-electron chi connectivity index (χ4n) is 3.52. The summed E-state index contributed by atoms with van der Waals surface area (Å²) in [5.74, 6) is -0.635. The Hall–Kier alpha value is -2.36. The highest BCUT2D eigenvalue weighted by Gasteiger charge is 2.47. The van der Waals surface area contributed by atoms with Gasteiger partial charge in [-0.2, -0.15) is 0 Å². The van der Waals surface area contributed by atoms with E-state index in [1.54, 1.807) is 41.1 Å². The molecule has 5 atom stereocenters. The maximum atomic E-state index is 12.6. The highest BCUT2D eigenvalue weighted by atomic mass is 31.1. The third-order valence-electron chi connectivity index (χ3n) is 5.00. The summed E-state index contributed by atoms with van der Waals surface area (Å²) in [5.41, 5.74) is 1.14. The summed E-state index contributed by atoms with van der Waals surface area (Å²) in [6, 6.07) is 17.8. The molecular formula is C21H24NO8P. The van der Waals surface area contributed by atoms with Gasteiger partial charge in [0.1, 0.15) is 27.3 Å². The van der Waals surface area contributed by atoms with Crippen LogP contribution in [0.2, 0.25) is 0 Å². The van der Waals surface area contributed by atoms with Crippen LogP contribution < -0.4 is 0 Å². The molecule has 3 aromatic rings. The zero-order chi connectivity index (χ0) is 22.4. The van der Waals surface area contributed by atoms with E-state index in [0.717, 1.165) is 10.9 Å². The lowest BCUT2D eigenvalue weighted by Crippen LogP contribution is -2.57. The largest absolute Gasteiger partial charge is 0.451 e. The molecule has 10 heteroatoms. The van der Waals surface area contributed by atoms with Crippen LogP contribution in [0.1, 0.15) is 16.6 Å². The molecule has 1 aliphatic rings. The normalized spacial score (nSPS) is 25.5. The second-order valence-electron chi connectivity index (χ2n) is 6.85. The molecule has 1 aromatic heterocycles. The van der Waals surface area contributed by atoms with E-state index in [0.29, 0.717) is 5.56 Å². The van der Waals surface area contributed by atoms with Crippen LogP contribution in [-0.2, 0) is 9.47 Å². The number of carbonyl (C=O) groups is 1. The first kappa shape index (κ1) is 23.3. The number of carbonyl (C=O) groups excluding carboxylic acids is 1. The fraction of sp³-hybridized carbons (Fsp3) is 0.286. The van der Waals surface area contributed by atoms with E-state index < -0.39 is 52.3 Å². The molecule has 0 saturated carbocycles. The Morgan fingerprint density at radius 2 is 1.65 bits per heavy atom. The van der Waals surface area contributed by atoms with Crippen molar-refractivity contribution in [2.75, 3.05) is 6.61 Å². The van der Waals surface area contributed by atoms with Crippen molar-refractivity contribution in [3.05, 3.63) is 72.4 Å². The number of aliphatic hydroxyl groups is 3. The maximum Gasteiger partial charge on any atom is 0.338 e. The van der Waals surface area contributed by atoms with Crippen LogP contribution in [-0.4, -0.2) is 66.7 Å². The van der Waals surface area contributed by atoms with Crippen molar-refractivity contribution < 1.29 is 39.4 Å². The zero-order valence-electron chi connectivity index (χ0n) is 16.4. The number of aliphatic hydroxyl groups excluding tert-OH is 3. The molecule has 0 amide bonds. The van der Waals surface area contributed by atoms with Gasteiger partial charge in [-0.25, -0.2) is 4.79 Å². The Bertz CT molecular complexity index is 982. The molecule has 4 rings (SSSR count). The summed E-state index contributed by atoms with van der Waals surface area (Å²) in [4.78, 5) is 26.9. The van der Waals surface area contributed by atoms with Gasteiger partial charge >= 0.3 is 5.97 Å². The fourth-order valence-corrected chi connectivity index (χ4v) is 3.52. The number of para-hydroxylation sites is 1. The van der Waals surface area contributed by atoms with E-state index in [9.17, 15) is 20.1 Å². The van der Waals surface area contributed by atoms with Gasteiger partial charge in [0.2, 0.25) is 0 Å². The average Bonchev–Trinajstić information content (AvgIpc) is 3.22. The zero-order valence-corrected chi connectivity index (χ0v) is 17.4. The Morgan fingerprint density at radius 1 is 1.00 bits per heavy atom. The number of rotatable bonds is 4. The van der Waals surface area contributed by atoms with E-state index >= 15 is 0 Å². The van der Waals surface area contributed by atoms with Crippen molar-refractivity contribution in [1.82, 2.24) is 4.57 Å². The van der Waals surface area contributed by atoms with E-state index in [2.05, 4.69) is 0 Å². The lowest BCUT2D eigenvalue weighted by molar-refractivity contribution is -0.249. The minimum Gasteiger partial charge on any atom is -0.451 e. The molecular weight excluding hydrogens is 425 g/mol. The molecule has 1 aliphatic heterocycles. The summed E-state index contributed by atoms with van der Waals surface area (Å²) < 4.78 is 13.1. The van der Waals surface area contributed by atoms with Gasteiger partial charge in [0.15, 0.2) is 12.3 Å². The molecule has 5 unspecified atom stereocenters. The Morgan fingerprint density at radius 3 is 2.32 bits per heavy atom. The van der Waals surface area contributed by atoms with Crippen LogP contribution in [0, 0.1) is 0 Å².